The molecule has 1 saturated heterocycles. The first-order chi connectivity index (χ1) is 14.8. The minimum atomic E-state index is -4.68. The summed E-state index contributed by atoms with van der Waals surface area (Å²) >= 11 is 0. The first kappa shape index (κ1) is 20.4. The summed E-state index contributed by atoms with van der Waals surface area (Å²) in [7, 11) is 0. The van der Waals surface area contributed by atoms with Crippen molar-refractivity contribution in [3.05, 3.63) is 66.1 Å². The Morgan fingerprint density at radius 3 is 2.58 bits per heavy atom. The van der Waals surface area contributed by atoms with Gasteiger partial charge in [-0.25, -0.2) is 14.4 Å². The zero-order chi connectivity index (χ0) is 22.0. The second-order valence-corrected chi connectivity index (χ2v) is 6.63. The van der Waals surface area contributed by atoms with Gasteiger partial charge in [-0.05, 0) is 18.2 Å². The lowest BCUT2D eigenvalue weighted by molar-refractivity contribution is -0.137. The topological polar surface area (TPSA) is 93.1 Å². The van der Waals surface area contributed by atoms with E-state index in [1.165, 1.54) is 24.8 Å². The van der Waals surface area contributed by atoms with Crippen LogP contribution in [-0.4, -0.2) is 45.3 Å². The second kappa shape index (κ2) is 8.13. The predicted molar refractivity (Wildman–Crippen MR) is 100 cm³/mol. The highest BCUT2D eigenvalue weighted by atomic mass is 19.4. The largest absolute Gasteiger partial charge is 0.487 e. The summed E-state index contributed by atoms with van der Waals surface area (Å²) in [4.78, 5) is 22.5. The van der Waals surface area contributed by atoms with E-state index in [1.54, 1.807) is 11.0 Å². The van der Waals surface area contributed by atoms with Crippen LogP contribution < -0.4 is 15.0 Å². The molecule has 1 aliphatic rings. The van der Waals surface area contributed by atoms with E-state index in [-0.39, 0.29) is 30.4 Å². The Morgan fingerprint density at radius 2 is 1.87 bits per heavy atom. The van der Waals surface area contributed by atoms with Crippen LogP contribution in [0.4, 0.5) is 29.1 Å². The van der Waals surface area contributed by atoms with Gasteiger partial charge in [-0.1, -0.05) is 0 Å². The molecule has 0 unspecified atom stereocenters. The number of anilines is 2. The Labute approximate surface area is 172 Å². The standard InChI is InChI=1S/C19H14F4N6O2/c20-12-5-11(19(21,22)23)6-14(7-12)31-15-9-29(10-15)17-16(24-3-4-25-17)18(30)28-13-1-2-26-27-8-13/h1-8,15H,9-10H2,(H,26,28,30). The number of alkyl halides is 3. The number of amides is 1. The molecule has 0 atom stereocenters. The number of ether oxygens (including phenoxy) is 1. The number of hydrogen-bond acceptors (Lipinski definition) is 7. The van der Waals surface area contributed by atoms with Crippen LogP contribution in [0.1, 0.15) is 16.1 Å². The number of nitrogens with zero attached hydrogens (tertiary/aromatic N) is 5. The molecule has 0 bridgehead atoms. The third-order valence-corrected chi connectivity index (χ3v) is 4.39. The number of rotatable bonds is 5. The quantitative estimate of drug-likeness (QED) is 0.617. The van der Waals surface area contributed by atoms with Gasteiger partial charge in [0.2, 0.25) is 0 Å². The maximum Gasteiger partial charge on any atom is 0.416 e. The Kier molecular flexibility index (Phi) is 5.36. The fourth-order valence-electron chi connectivity index (χ4n) is 2.95. The van der Waals surface area contributed by atoms with Gasteiger partial charge in [0.1, 0.15) is 17.7 Å². The molecule has 0 aliphatic carbocycles. The molecule has 160 valence electrons. The molecular formula is C19H14F4N6O2. The lowest BCUT2D eigenvalue weighted by atomic mass is 10.1. The van der Waals surface area contributed by atoms with Gasteiger partial charge in [-0.15, -0.1) is 0 Å². The Balaban J connectivity index is 1.43. The summed E-state index contributed by atoms with van der Waals surface area (Å²) in [6.07, 6.45) is 0.374. The molecule has 1 aliphatic heterocycles. The first-order valence-corrected chi connectivity index (χ1v) is 8.98. The fourth-order valence-corrected chi connectivity index (χ4v) is 2.95. The van der Waals surface area contributed by atoms with Crippen LogP contribution in [0.25, 0.3) is 0 Å². The van der Waals surface area contributed by atoms with Crippen molar-refractivity contribution in [1.29, 1.82) is 0 Å². The molecule has 1 amide bonds. The van der Waals surface area contributed by atoms with E-state index in [0.717, 1.165) is 12.1 Å². The monoisotopic (exact) mass is 434 g/mol. The van der Waals surface area contributed by atoms with Crippen LogP contribution in [-0.2, 0) is 6.18 Å². The van der Waals surface area contributed by atoms with E-state index < -0.39 is 29.6 Å². The van der Waals surface area contributed by atoms with Gasteiger partial charge in [0.25, 0.3) is 5.91 Å². The highest BCUT2D eigenvalue weighted by Crippen LogP contribution is 2.33. The van der Waals surface area contributed by atoms with Crippen molar-refractivity contribution in [2.75, 3.05) is 23.3 Å². The number of carbonyl (C=O) groups excluding carboxylic acids is 1. The lowest BCUT2D eigenvalue weighted by Crippen LogP contribution is -2.54. The minimum Gasteiger partial charge on any atom is -0.487 e. The Hall–Kier alpha value is -3.83. The number of nitrogens with one attached hydrogen (secondary N) is 1. The van der Waals surface area contributed by atoms with Crippen molar-refractivity contribution in [1.82, 2.24) is 20.2 Å². The number of benzene rings is 1. The average molecular weight is 434 g/mol. The van der Waals surface area contributed by atoms with Crippen LogP contribution in [0.2, 0.25) is 0 Å². The van der Waals surface area contributed by atoms with E-state index >= 15 is 0 Å². The van der Waals surface area contributed by atoms with E-state index in [1.807, 2.05) is 0 Å². The number of carbonyl (C=O) groups is 1. The van der Waals surface area contributed by atoms with Gasteiger partial charge in [0.15, 0.2) is 11.5 Å². The second-order valence-electron chi connectivity index (χ2n) is 6.63. The SMILES string of the molecule is O=C(Nc1ccnnc1)c1nccnc1N1CC(Oc2cc(F)cc(C(F)(F)F)c2)C1. The molecule has 0 radical (unpaired) electrons. The van der Waals surface area contributed by atoms with Crippen molar-refractivity contribution < 1.29 is 27.1 Å². The van der Waals surface area contributed by atoms with E-state index in [9.17, 15) is 22.4 Å². The molecule has 1 aromatic carbocycles. The smallest absolute Gasteiger partial charge is 0.416 e. The van der Waals surface area contributed by atoms with Crippen molar-refractivity contribution in [3.63, 3.8) is 0 Å². The molecule has 31 heavy (non-hydrogen) atoms. The highest BCUT2D eigenvalue weighted by molar-refractivity contribution is 6.06. The summed E-state index contributed by atoms with van der Waals surface area (Å²) in [6.45, 7) is 0.460. The van der Waals surface area contributed by atoms with Crippen LogP contribution in [0, 0.1) is 5.82 Å². The van der Waals surface area contributed by atoms with Crippen LogP contribution in [0.15, 0.2) is 49.1 Å². The zero-order valence-corrected chi connectivity index (χ0v) is 15.7. The molecule has 3 aromatic rings. The van der Waals surface area contributed by atoms with Gasteiger partial charge < -0.3 is 15.0 Å². The fraction of sp³-hybridized carbons (Fsp3) is 0.211. The molecule has 1 N–H and O–H groups in total. The zero-order valence-electron chi connectivity index (χ0n) is 15.7. The lowest BCUT2D eigenvalue weighted by Gasteiger charge is -2.40. The maximum absolute atomic E-state index is 13.5. The molecular weight excluding hydrogens is 420 g/mol. The minimum absolute atomic E-state index is 0.0582. The van der Waals surface area contributed by atoms with Crippen LogP contribution in [0.3, 0.4) is 0 Å². The Morgan fingerprint density at radius 1 is 1.10 bits per heavy atom. The molecule has 0 spiro atoms. The van der Waals surface area contributed by atoms with Crippen LogP contribution in [0.5, 0.6) is 5.75 Å². The van der Waals surface area contributed by atoms with Crippen molar-refractivity contribution in [3.8, 4) is 5.75 Å². The number of halogens is 4. The molecule has 8 nitrogen and oxygen atoms in total. The highest BCUT2D eigenvalue weighted by Gasteiger charge is 2.35. The van der Waals surface area contributed by atoms with Gasteiger partial charge in [-0.3, -0.25) is 4.79 Å². The summed E-state index contributed by atoms with van der Waals surface area (Å²) in [5, 5.41) is 9.92. The molecule has 12 heteroatoms. The summed E-state index contributed by atoms with van der Waals surface area (Å²) < 4.78 is 57.6. The van der Waals surface area contributed by atoms with Gasteiger partial charge >= 0.3 is 6.18 Å². The van der Waals surface area contributed by atoms with Gasteiger partial charge in [-0.2, -0.15) is 23.4 Å². The molecule has 0 saturated carbocycles. The van der Waals surface area contributed by atoms with E-state index in [4.69, 9.17) is 4.74 Å². The van der Waals surface area contributed by atoms with Crippen molar-refractivity contribution >= 4 is 17.4 Å². The Bertz CT molecular complexity index is 1090. The number of hydrogen-bond donors (Lipinski definition) is 1. The first-order valence-electron chi connectivity index (χ1n) is 8.98. The summed E-state index contributed by atoms with van der Waals surface area (Å²) in [6, 6.07) is 3.60. The van der Waals surface area contributed by atoms with Crippen molar-refractivity contribution in [2.24, 2.45) is 0 Å². The van der Waals surface area contributed by atoms with Gasteiger partial charge in [0.05, 0.1) is 36.7 Å². The third kappa shape index (κ3) is 4.68. The van der Waals surface area contributed by atoms with Gasteiger partial charge in [0, 0.05) is 18.5 Å². The third-order valence-electron chi connectivity index (χ3n) is 4.39. The normalized spacial score (nSPS) is 14.1. The molecule has 3 heterocycles. The molecule has 4 rings (SSSR count). The summed E-state index contributed by atoms with van der Waals surface area (Å²) in [5.74, 6) is -1.49. The average Bonchev–Trinajstić information content (AvgIpc) is 2.70. The maximum atomic E-state index is 13.5. The number of aromatic nitrogens is 4. The summed E-state index contributed by atoms with van der Waals surface area (Å²) in [5.41, 5.74) is -0.645. The van der Waals surface area contributed by atoms with Crippen LogP contribution >= 0.6 is 0 Å². The molecule has 1 fully saturated rings. The molecule has 2 aromatic heterocycles. The van der Waals surface area contributed by atoms with E-state index in [2.05, 4.69) is 25.5 Å². The predicted octanol–water partition coefficient (Wildman–Crippen LogP) is 2.94. The van der Waals surface area contributed by atoms with E-state index in [0.29, 0.717) is 11.8 Å². The van der Waals surface area contributed by atoms with Crippen molar-refractivity contribution in [2.45, 2.75) is 12.3 Å².